The zero-order valence-corrected chi connectivity index (χ0v) is 20.1. The molecular formula is C23H27ClIN5. The maximum atomic E-state index is 6.18. The van der Waals surface area contributed by atoms with Gasteiger partial charge < -0.3 is 15.2 Å². The lowest BCUT2D eigenvalue weighted by Crippen LogP contribution is -2.40. The minimum atomic E-state index is 0. The van der Waals surface area contributed by atoms with Gasteiger partial charge in [-0.1, -0.05) is 48.0 Å². The number of nitrogens with zero attached hydrogens (tertiary/aromatic N) is 3. The molecule has 1 aliphatic carbocycles. The van der Waals surface area contributed by atoms with Crippen molar-refractivity contribution in [3.63, 3.8) is 0 Å². The number of hydrogen-bond acceptors (Lipinski definition) is 2. The van der Waals surface area contributed by atoms with Crippen LogP contribution >= 0.6 is 35.6 Å². The van der Waals surface area contributed by atoms with Crippen LogP contribution in [0.3, 0.4) is 0 Å². The number of aliphatic imine (C=N–C) groups is 1. The zero-order chi connectivity index (χ0) is 20.1. The van der Waals surface area contributed by atoms with Crippen LogP contribution in [0, 0.1) is 0 Å². The highest BCUT2D eigenvalue weighted by atomic mass is 127. The molecule has 1 fully saturated rings. The number of imidazole rings is 1. The Morgan fingerprint density at radius 1 is 1.13 bits per heavy atom. The summed E-state index contributed by atoms with van der Waals surface area (Å²) < 4.78 is 2.06. The van der Waals surface area contributed by atoms with Crippen LogP contribution in [0.5, 0.6) is 0 Å². The number of hydrogen-bond donors (Lipinski definition) is 2. The van der Waals surface area contributed by atoms with Crippen LogP contribution < -0.4 is 10.6 Å². The highest BCUT2D eigenvalue weighted by Gasteiger charge is 2.44. The van der Waals surface area contributed by atoms with Gasteiger partial charge >= 0.3 is 0 Å². The average Bonchev–Trinajstić information content (AvgIpc) is 3.37. The maximum absolute atomic E-state index is 6.18. The van der Waals surface area contributed by atoms with E-state index in [0.717, 1.165) is 30.6 Å². The predicted molar refractivity (Wildman–Crippen MR) is 134 cm³/mol. The molecule has 30 heavy (non-hydrogen) atoms. The van der Waals surface area contributed by atoms with Gasteiger partial charge in [0.05, 0.1) is 6.33 Å². The van der Waals surface area contributed by atoms with Crippen molar-refractivity contribution >= 4 is 41.5 Å². The molecule has 1 saturated carbocycles. The number of aromatic nitrogens is 2. The standard InChI is InChI=1S/C23H26ClN5.HI/c1-25-22(28-16-23(9-10-23)20-3-2-4-21(24)13-20)27-14-18-5-7-19(8-6-18)15-29-12-11-26-17-29;/h2-8,11-13,17H,9-10,14-16H2,1H3,(H2,25,27,28);1H. The van der Waals surface area contributed by atoms with E-state index in [1.165, 1.54) is 29.5 Å². The highest BCUT2D eigenvalue weighted by Crippen LogP contribution is 2.48. The van der Waals surface area contributed by atoms with E-state index in [9.17, 15) is 0 Å². The van der Waals surface area contributed by atoms with Gasteiger partial charge in [0.2, 0.25) is 0 Å². The van der Waals surface area contributed by atoms with Crippen molar-refractivity contribution in [3.05, 3.63) is 89.0 Å². The van der Waals surface area contributed by atoms with Crippen LogP contribution in [-0.2, 0) is 18.5 Å². The summed E-state index contributed by atoms with van der Waals surface area (Å²) in [4.78, 5) is 8.45. The fourth-order valence-electron chi connectivity index (χ4n) is 3.55. The summed E-state index contributed by atoms with van der Waals surface area (Å²) in [7, 11) is 1.81. The summed E-state index contributed by atoms with van der Waals surface area (Å²) >= 11 is 6.18. The van der Waals surface area contributed by atoms with Gasteiger partial charge in [0.25, 0.3) is 0 Å². The van der Waals surface area contributed by atoms with Crippen molar-refractivity contribution in [3.8, 4) is 0 Å². The molecule has 1 heterocycles. The Balaban J connectivity index is 0.00000256. The van der Waals surface area contributed by atoms with E-state index in [1.54, 1.807) is 6.20 Å². The number of benzene rings is 2. The molecule has 7 heteroatoms. The largest absolute Gasteiger partial charge is 0.356 e. The first-order chi connectivity index (χ1) is 14.2. The molecular weight excluding hydrogens is 509 g/mol. The summed E-state index contributed by atoms with van der Waals surface area (Å²) in [6.07, 6.45) is 7.96. The third kappa shape index (κ3) is 5.76. The fraction of sp³-hybridized carbons (Fsp3) is 0.304. The normalized spacial score (nSPS) is 14.7. The lowest BCUT2D eigenvalue weighted by Gasteiger charge is -2.19. The molecule has 0 aliphatic heterocycles. The third-order valence-corrected chi connectivity index (χ3v) is 5.75. The molecule has 0 unspecified atom stereocenters. The number of rotatable bonds is 7. The maximum Gasteiger partial charge on any atom is 0.191 e. The number of halogens is 2. The third-order valence-electron chi connectivity index (χ3n) is 5.52. The second-order valence-electron chi connectivity index (χ2n) is 7.62. The average molecular weight is 536 g/mol. The summed E-state index contributed by atoms with van der Waals surface area (Å²) in [5, 5.41) is 7.70. The van der Waals surface area contributed by atoms with Gasteiger partial charge in [0.1, 0.15) is 0 Å². The van der Waals surface area contributed by atoms with Gasteiger partial charge in [-0.25, -0.2) is 4.98 Å². The molecule has 2 N–H and O–H groups in total. The predicted octanol–water partition coefficient (Wildman–Crippen LogP) is 4.60. The Hall–Kier alpha value is -2.06. The molecule has 0 saturated heterocycles. The SMILES string of the molecule is CN=C(NCc1ccc(Cn2ccnc2)cc1)NCC1(c2cccc(Cl)c2)CC1.I. The zero-order valence-electron chi connectivity index (χ0n) is 17.0. The molecule has 0 radical (unpaired) electrons. The monoisotopic (exact) mass is 535 g/mol. The molecule has 0 bridgehead atoms. The van der Waals surface area contributed by atoms with Gasteiger partial charge in [-0.05, 0) is 41.7 Å². The quantitative estimate of drug-likeness (QED) is 0.264. The minimum Gasteiger partial charge on any atom is -0.356 e. The lowest BCUT2D eigenvalue weighted by molar-refractivity contribution is 0.645. The molecule has 0 spiro atoms. The Morgan fingerprint density at radius 2 is 1.90 bits per heavy atom. The van der Waals surface area contributed by atoms with Crippen molar-refractivity contribution in [2.45, 2.75) is 31.3 Å². The lowest BCUT2D eigenvalue weighted by atomic mass is 9.96. The summed E-state index contributed by atoms with van der Waals surface area (Å²) in [5.74, 6) is 0.820. The second-order valence-corrected chi connectivity index (χ2v) is 8.06. The Labute approximate surface area is 200 Å². The van der Waals surface area contributed by atoms with Gasteiger partial charge in [-0.2, -0.15) is 0 Å². The van der Waals surface area contributed by atoms with E-state index in [1.807, 2.05) is 31.7 Å². The van der Waals surface area contributed by atoms with Crippen molar-refractivity contribution in [1.29, 1.82) is 0 Å². The van der Waals surface area contributed by atoms with Crippen LogP contribution in [0.25, 0.3) is 0 Å². The number of guanidine groups is 1. The Bertz CT molecular complexity index is 966. The minimum absolute atomic E-state index is 0. The van der Waals surface area contributed by atoms with Crippen LogP contribution in [0.1, 0.15) is 29.5 Å². The van der Waals surface area contributed by atoms with Crippen LogP contribution in [0.2, 0.25) is 5.02 Å². The molecule has 5 nitrogen and oxygen atoms in total. The molecule has 1 aromatic heterocycles. The first-order valence-corrected chi connectivity index (χ1v) is 10.3. The van der Waals surface area contributed by atoms with Crippen LogP contribution in [-0.4, -0.2) is 29.1 Å². The van der Waals surface area contributed by atoms with Gasteiger partial charge in [-0.3, -0.25) is 4.99 Å². The Morgan fingerprint density at radius 3 is 2.53 bits per heavy atom. The van der Waals surface area contributed by atoms with E-state index in [4.69, 9.17) is 11.6 Å². The Kier molecular flexibility index (Phi) is 7.77. The first kappa shape index (κ1) is 22.6. The molecule has 0 atom stereocenters. The first-order valence-electron chi connectivity index (χ1n) is 9.91. The summed E-state index contributed by atoms with van der Waals surface area (Å²) in [6.45, 7) is 2.43. The van der Waals surface area contributed by atoms with E-state index >= 15 is 0 Å². The van der Waals surface area contributed by atoms with Gasteiger partial charge in [0, 0.05) is 49.5 Å². The van der Waals surface area contributed by atoms with Crippen molar-refractivity contribution in [1.82, 2.24) is 20.2 Å². The molecule has 2 aromatic carbocycles. The number of nitrogens with one attached hydrogen (secondary N) is 2. The fourth-order valence-corrected chi connectivity index (χ4v) is 3.74. The molecule has 158 valence electrons. The smallest absolute Gasteiger partial charge is 0.191 e. The molecule has 1 aliphatic rings. The van der Waals surface area contributed by atoms with Crippen molar-refractivity contribution in [2.24, 2.45) is 4.99 Å². The van der Waals surface area contributed by atoms with E-state index in [2.05, 4.69) is 61.6 Å². The van der Waals surface area contributed by atoms with E-state index < -0.39 is 0 Å². The van der Waals surface area contributed by atoms with Gasteiger partial charge in [0.15, 0.2) is 5.96 Å². The topological polar surface area (TPSA) is 54.2 Å². The molecule has 3 aromatic rings. The summed E-state index contributed by atoms with van der Waals surface area (Å²) in [5.41, 5.74) is 3.96. The van der Waals surface area contributed by atoms with Gasteiger partial charge in [-0.15, -0.1) is 24.0 Å². The van der Waals surface area contributed by atoms with Crippen LogP contribution in [0.4, 0.5) is 0 Å². The van der Waals surface area contributed by atoms with Crippen molar-refractivity contribution in [2.75, 3.05) is 13.6 Å². The highest BCUT2D eigenvalue weighted by molar-refractivity contribution is 14.0. The molecule has 4 rings (SSSR count). The van der Waals surface area contributed by atoms with Crippen molar-refractivity contribution < 1.29 is 0 Å². The van der Waals surface area contributed by atoms with Crippen LogP contribution in [0.15, 0.2) is 72.2 Å². The van der Waals surface area contributed by atoms with E-state index in [-0.39, 0.29) is 29.4 Å². The van der Waals surface area contributed by atoms with E-state index in [0.29, 0.717) is 0 Å². The molecule has 0 amide bonds. The summed E-state index contributed by atoms with van der Waals surface area (Å²) in [6, 6.07) is 16.8. The second kappa shape index (κ2) is 10.3.